The van der Waals surface area contributed by atoms with Crippen LogP contribution in [0.4, 0.5) is 0 Å². The third kappa shape index (κ3) is 1.92. The molecule has 0 spiro atoms. The van der Waals surface area contributed by atoms with Gasteiger partial charge in [-0.3, -0.25) is 5.43 Å². The molecule has 4 heteroatoms. The van der Waals surface area contributed by atoms with Crippen LogP contribution in [0.3, 0.4) is 0 Å². The first-order valence-corrected chi connectivity index (χ1v) is 1.76. The molecule has 36 valence electrons. The first-order chi connectivity index (χ1) is 2.81. The minimum atomic E-state index is 0.204. The number of hydrogen-bond acceptors (Lipinski definition) is 3. The van der Waals surface area contributed by atoms with Crippen molar-refractivity contribution in [3.05, 3.63) is 0 Å². The fraction of sp³-hybridized carbons (Fsp3) is 0.500. The van der Waals surface area contributed by atoms with Crippen molar-refractivity contribution in [3.63, 3.8) is 0 Å². The fourth-order valence-corrected chi connectivity index (χ4v) is 0.0589. The van der Waals surface area contributed by atoms with Gasteiger partial charge >= 0.3 is 0 Å². The Morgan fingerprint density at radius 1 is 2.00 bits per heavy atom. The quantitative estimate of drug-likeness (QED) is 0.245. The van der Waals surface area contributed by atoms with E-state index in [2.05, 4.69) is 22.4 Å². The zero-order chi connectivity index (χ0) is 4.99. The molecule has 0 aromatic carbocycles. The first kappa shape index (κ1) is 5.65. The summed E-state index contributed by atoms with van der Waals surface area (Å²) in [5.74, 6) is 4.77. The largest absolute Gasteiger partial charge is 0.473 e. The van der Waals surface area contributed by atoms with Gasteiger partial charge in [-0.1, -0.05) is 0 Å². The molecular weight excluding hydrogens is 100 g/mol. The van der Waals surface area contributed by atoms with Gasteiger partial charge in [0.2, 0.25) is 0 Å². The molecule has 0 aliphatic heterocycles. The Labute approximate surface area is 41.4 Å². The molecule has 0 heterocycles. The van der Waals surface area contributed by atoms with Crippen LogP contribution < -0.4 is 11.3 Å². The Balaban J connectivity index is 2.99. The fourth-order valence-electron chi connectivity index (χ4n) is 0.0589. The van der Waals surface area contributed by atoms with Gasteiger partial charge < -0.3 is 4.74 Å². The standard InChI is InChI=1S/C2H6N2OS/c1-5-2(6)4-3/h3H2,1H3,(H,4,6). The lowest BCUT2D eigenvalue weighted by Crippen LogP contribution is -2.29. The minimum Gasteiger partial charge on any atom is -0.473 e. The van der Waals surface area contributed by atoms with Crippen molar-refractivity contribution >= 4 is 17.4 Å². The molecule has 6 heavy (non-hydrogen) atoms. The predicted molar refractivity (Wildman–Crippen MR) is 26.9 cm³/mol. The summed E-state index contributed by atoms with van der Waals surface area (Å²) in [6.07, 6.45) is 0. The lowest BCUT2D eigenvalue weighted by molar-refractivity contribution is 0.394. The summed E-state index contributed by atoms with van der Waals surface area (Å²) in [4.78, 5) is 0. The van der Waals surface area contributed by atoms with Gasteiger partial charge in [0.05, 0.1) is 7.11 Å². The maximum absolute atomic E-state index is 4.77. The number of nitrogens with one attached hydrogen (secondary N) is 1. The molecule has 0 aliphatic carbocycles. The lowest BCUT2D eigenvalue weighted by atomic mass is 11.3. The summed E-state index contributed by atoms with van der Waals surface area (Å²) < 4.78 is 4.39. The molecule has 0 atom stereocenters. The zero-order valence-electron chi connectivity index (χ0n) is 3.39. The van der Waals surface area contributed by atoms with Crippen LogP contribution in [-0.4, -0.2) is 12.3 Å². The number of ether oxygens (including phenoxy) is 1. The van der Waals surface area contributed by atoms with E-state index in [9.17, 15) is 0 Å². The van der Waals surface area contributed by atoms with Crippen LogP contribution in [0.15, 0.2) is 0 Å². The Bertz CT molecular complexity index is 49.5. The molecule has 0 aromatic heterocycles. The number of rotatable bonds is 0. The van der Waals surface area contributed by atoms with E-state index in [1.807, 2.05) is 0 Å². The summed E-state index contributed by atoms with van der Waals surface area (Å²) in [7, 11) is 1.45. The van der Waals surface area contributed by atoms with Crippen molar-refractivity contribution in [2.75, 3.05) is 7.11 Å². The van der Waals surface area contributed by atoms with Gasteiger partial charge in [0.1, 0.15) is 0 Å². The van der Waals surface area contributed by atoms with E-state index in [0.29, 0.717) is 0 Å². The van der Waals surface area contributed by atoms with E-state index in [4.69, 9.17) is 5.84 Å². The van der Waals surface area contributed by atoms with Crippen molar-refractivity contribution in [3.8, 4) is 0 Å². The van der Waals surface area contributed by atoms with Crippen LogP contribution in [-0.2, 0) is 4.74 Å². The van der Waals surface area contributed by atoms with Gasteiger partial charge in [0.25, 0.3) is 5.17 Å². The highest BCUT2D eigenvalue weighted by Gasteiger charge is 1.78. The molecule has 0 saturated heterocycles. The molecule has 0 fully saturated rings. The van der Waals surface area contributed by atoms with Crippen molar-refractivity contribution in [1.82, 2.24) is 5.43 Å². The van der Waals surface area contributed by atoms with E-state index in [1.165, 1.54) is 7.11 Å². The van der Waals surface area contributed by atoms with Gasteiger partial charge in [-0.15, -0.1) is 0 Å². The van der Waals surface area contributed by atoms with Crippen LogP contribution in [0.1, 0.15) is 0 Å². The highest BCUT2D eigenvalue weighted by atomic mass is 32.1. The van der Waals surface area contributed by atoms with Crippen LogP contribution in [0.2, 0.25) is 0 Å². The molecule has 0 aromatic rings. The monoisotopic (exact) mass is 106 g/mol. The van der Waals surface area contributed by atoms with Crippen LogP contribution in [0.25, 0.3) is 0 Å². The molecule has 0 bridgehead atoms. The van der Waals surface area contributed by atoms with Crippen LogP contribution in [0.5, 0.6) is 0 Å². The molecule has 3 nitrogen and oxygen atoms in total. The summed E-state index contributed by atoms with van der Waals surface area (Å²) in [6, 6.07) is 0. The molecule has 0 radical (unpaired) electrons. The maximum atomic E-state index is 4.77. The minimum absolute atomic E-state index is 0.204. The number of methoxy groups -OCH3 is 1. The Morgan fingerprint density at radius 3 is 2.50 bits per heavy atom. The third-order valence-corrected chi connectivity index (χ3v) is 0.588. The lowest BCUT2D eigenvalue weighted by Gasteiger charge is -1.94. The second-order valence-electron chi connectivity index (χ2n) is 0.636. The number of nitrogens with two attached hydrogens (primary N) is 1. The molecular formula is C2H6N2OS. The predicted octanol–water partition coefficient (Wildman–Crippen LogP) is -0.619. The highest BCUT2D eigenvalue weighted by molar-refractivity contribution is 7.80. The molecule has 0 rings (SSSR count). The second kappa shape index (κ2) is 2.87. The summed E-state index contributed by atoms with van der Waals surface area (Å²) >= 11 is 4.40. The SMILES string of the molecule is COC(=S)NN. The van der Waals surface area contributed by atoms with Crippen LogP contribution >= 0.6 is 12.2 Å². The molecule has 3 N–H and O–H groups in total. The van der Waals surface area contributed by atoms with E-state index in [1.54, 1.807) is 0 Å². The Kier molecular flexibility index (Phi) is 2.70. The molecule has 0 unspecified atom stereocenters. The summed E-state index contributed by atoms with van der Waals surface area (Å²) in [5.41, 5.74) is 2.12. The van der Waals surface area contributed by atoms with E-state index >= 15 is 0 Å². The normalized spacial score (nSPS) is 7.00. The number of thiocarbonyl (C=S) groups is 1. The van der Waals surface area contributed by atoms with E-state index in [-0.39, 0.29) is 5.17 Å². The number of hydrogen-bond donors (Lipinski definition) is 2. The summed E-state index contributed by atoms with van der Waals surface area (Å²) in [5, 5.41) is 0.204. The van der Waals surface area contributed by atoms with Gasteiger partial charge in [0, 0.05) is 0 Å². The zero-order valence-corrected chi connectivity index (χ0v) is 4.21. The average molecular weight is 106 g/mol. The Hall–Kier alpha value is -0.350. The van der Waals surface area contributed by atoms with E-state index in [0.717, 1.165) is 0 Å². The van der Waals surface area contributed by atoms with Crippen molar-refractivity contribution in [1.29, 1.82) is 0 Å². The topological polar surface area (TPSA) is 47.3 Å². The van der Waals surface area contributed by atoms with Crippen molar-refractivity contribution in [2.45, 2.75) is 0 Å². The third-order valence-electron chi connectivity index (χ3n) is 0.303. The maximum Gasteiger partial charge on any atom is 0.270 e. The van der Waals surface area contributed by atoms with E-state index < -0.39 is 0 Å². The van der Waals surface area contributed by atoms with Crippen molar-refractivity contribution in [2.24, 2.45) is 5.84 Å². The average Bonchev–Trinajstić information content (AvgIpc) is 1.65. The van der Waals surface area contributed by atoms with Gasteiger partial charge in [-0.25, -0.2) is 5.84 Å². The number of hydrazine groups is 1. The highest BCUT2D eigenvalue weighted by Crippen LogP contribution is 1.62. The molecule has 0 saturated carbocycles. The first-order valence-electron chi connectivity index (χ1n) is 1.36. The van der Waals surface area contributed by atoms with Gasteiger partial charge in [-0.2, -0.15) is 0 Å². The van der Waals surface area contributed by atoms with Crippen LogP contribution in [0, 0.1) is 0 Å². The molecule has 0 aliphatic rings. The van der Waals surface area contributed by atoms with Gasteiger partial charge in [0.15, 0.2) is 0 Å². The van der Waals surface area contributed by atoms with Gasteiger partial charge in [-0.05, 0) is 12.2 Å². The Morgan fingerprint density at radius 2 is 2.50 bits per heavy atom. The van der Waals surface area contributed by atoms with Crippen molar-refractivity contribution < 1.29 is 4.74 Å². The molecule has 0 amide bonds. The summed E-state index contributed by atoms with van der Waals surface area (Å²) in [6.45, 7) is 0. The second-order valence-corrected chi connectivity index (χ2v) is 1.01. The smallest absolute Gasteiger partial charge is 0.270 e.